The van der Waals surface area contributed by atoms with E-state index in [1.54, 1.807) is 0 Å². The van der Waals surface area contributed by atoms with E-state index in [1.165, 1.54) is 19.5 Å². The Labute approximate surface area is 69.6 Å². The third-order valence-corrected chi connectivity index (χ3v) is 2.37. The molecule has 0 amide bonds. The average molecular weight is 157 g/mol. The zero-order valence-corrected chi connectivity index (χ0v) is 7.84. The van der Waals surface area contributed by atoms with Crippen LogP contribution in [0.3, 0.4) is 0 Å². The van der Waals surface area contributed by atoms with Crippen molar-refractivity contribution in [2.45, 2.75) is 20.3 Å². The molecule has 1 heterocycles. The highest BCUT2D eigenvalue weighted by Gasteiger charge is 2.21. The van der Waals surface area contributed by atoms with Crippen LogP contribution in [-0.4, -0.2) is 31.8 Å². The quantitative estimate of drug-likeness (QED) is 0.573. The molecule has 1 fully saturated rings. The Hall–Kier alpha value is -0.370. The van der Waals surface area contributed by atoms with Gasteiger partial charge >= 0.3 is 0 Å². The lowest BCUT2D eigenvalue weighted by atomic mass is 9.95. The zero-order valence-electron chi connectivity index (χ0n) is 7.84. The van der Waals surface area contributed by atoms with E-state index in [0.717, 1.165) is 11.8 Å². The van der Waals surface area contributed by atoms with Crippen molar-refractivity contribution < 1.29 is 4.79 Å². The molecule has 1 rings (SSSR count). The highest BCUT2D eigenvalue weighted by Crippen LogP contribution is 2.21. The Kier molecular flexibility index (Phi) is 5.12. The maximum atomic E-state index is 8.00. The minimum Gasteiger partial charge on any atom is -0.307 e. The second-order valence-corrected chi connectivity index (χ2v) is 3.56. The van der Waals surface area contributed by atoms with Gasteiger partial charge in [-0.1, -0.05) is 13.8 Å². The van der Waals surface area contributed by atoms with Gasteiger partial charge in [-0.2, -0.15) is 0 Å². The topological polar surface area (TPSA) is 20.3 Å². The third kappa shape index (κ3) is 3.51. The van der Waals surface area contributed by atoms with Crippen LogP contribution < -0.4 is 0 Å². The smallest absolute Gasteiger partial charge is 0.106 e. The van der Waals surface area contributed by atoms with E-state index in [2.05, 4.69) is 25.8 Å². The minimum absolute atomic E-state index is 0.884. The van der Waals surface area contributed by atoms with Crippen LogP contribution in [0.5, 0.6) is 0 Å². The first-order chi connectivity index (χ1) is 5.20. The maximum Gasteiger partial charge on any atom is 0.106 e. The Balaban J connectivity index is 0.000000461. The van der Waals surface area contributed by atoms with E-state index < -0.39 is 0 Å². The second-order valence-electron chi connectivity index (χ2n) is 3.56. The molecule has 2 nitrogen and oxygen atoms in total. The van der Waals surface area contributed by atoms with E-state index in [4.69, 9.17) is 4.79 Å². The molecule has 0 bridgehead atoms. The molecule has 1 atom stereocenters. The lowest BCUT2D eigenvalue weighted by molar-refractivity contribution is -0.0979. The SMILES string of the molecule is C=O.CC(C)C1CCN(C)C1. The molecule has 1 unspecified atom stereocenters. The molecule has 0 N–H and O–H groups in total. The summed E-state index contributed by atoms with van der Waals surface area (Å²) in [6.07, 6.45) is 1.41. The Morgan fingerprint density at radius 3 is 2.18 bits per heavy atom. The fourth-order valence-electron chi connectivity index (χ4n) is 1.51. The van der Waals surface area contributed by atoms with Gasteiger partial charge in [0, 0.05) is 6.54 Å². The fourth-order valence-corrected chi connectivity index (χ4v) is 1.51. The van der Waals surface area contributed by atoms with Crippen molar-refractivity contribution in [1.29, 1.82) is 0 Å². The molecule has 0 aromatic rings. The summed E-state index contributed by atoms with van der Waals surface area (Å²) in [4.78, 5) is 10.4. The average Bonchev–Trinajstić information content (AvgIpc) is 2.40. The number of carbonyl (C=O) groups is 1. The molecule has 2 heteroatoms. The first kappa shape index (κ1) is 10.6. The molecule has 0 radical (unpaired) electrons. The van der Waals surface area contributed by atoms with Crippen LogP contribution in [0.4, 0.5) is 0 Å². The van der Waals surface area contributed by atoms with Gasteiger partial charge in [0.25, 0.3) is 0 Å². The van der Waals surface area contributed by atoms with Crippen LogP contribution in [0.1, 0.15) is 20.3 Å². The summed E-state index contributed by atoms with van der Waals surface area (Å²) in [6, 6.07) is 0. The van der Waals surface area contributed by atoms with E-state index in [-0.39, 0.29) is 0 Å². The van der Waals surface area contributed by atoms with Gasteiger partial charge in [-0.05, 0) is 31.8 Å². The predicted molar refractivity (Wildman–Crippen MR) is 47.6 cm³/mol. The highest BCUT2D eigenvalue weighted by atomic mass is 16.1. The first-order valence-corrected chi connectivity index (χ1v) is 4.17. The molecular formula is C9H19NO. The van der Waals surface area contributed by atoms with Gasteiger partial charge in [-0.15, -0.1) is 0 Å². The van der Waals surface area contributed by atoms with Crippen molar-refractivity contribution in [3.63, 3.8) is 0 Å². The van der Waals surface area contributed by atoms with Crippen LogP contribution >= 0.6 is 0 Å². The molecule has 1 aliphatic rings. The standard InChI is InChI=1S/C8H17N.CH2O/c1-7(2)8-4-5-9(3)6-8;1-2/h7-8H,4-6H2,1-3H3;1H2. The molecular weight excluding hydrogens is 138 g/mol. The lowest BCUT2D eigenvalue weighted by Crippen LogP contribution is -2.16. The Morgan fingerprint density at radius 2 is 2.00 bits per heavy atom. The van der Waals surface area contributed by atoms with E-state index in [0.29, 0.717) is 0 Å². The van der Waals surface area contributed by atoms with Crippen LogP contribution in [0.15, 0.2) is 0 Å². The monoisotopic (exact) mass is 157 g/mol. The van der Waals surface area contributed by atoms with Gasteiger partial charge in [0.15, 0.2) is 0 Å². The number of rotatable bonds is 1. The van der Waals surface area contributed by atoms with Crippen molar-refractivity contribution in [3.05, 3.63) is 0 Å². The van der Waals surface area contributed by atoms with Gasteiger partial charge in [0.05, 0.1) is 0 Å². The number of nitrogens with zero attached hydrogens (tertiary/aromatic N) is 1. The normalized spacial score (nSPS) is 24.9. The fraction of sp³-hybridized carbons (Fsp3) is 0.889. The van der Waals surface area contributed by atoms with Gasteiger partial charge in [-0.25, -0.2) is 0 Å². The molecule has 1 saturated heterocycles. The minimum atomic E-state index is 0.884. The van der Waals surface area contributed by atoms with Crippen molar-refractivity contribution in [2.24, 2.45) is 11.8 Å². The summed E-state index contributed by atoms with van der Waals surface area (Å²) < 4.78 is 0. The molecule has 0 aliphatic carbocycles. The molecule has 0 aromatic carbocycles. The summed E-state index contributed by atoms with van der Waals surface area (Å²) in [5.41, 5.74) is 0. The predicted octanol–water partition coefficient (Wildman–Crippen LogP) is 1.41. The van der Waals surface area contributed by atoms with Gasteiger partial charge in [0.2, 0.25) is 0 Å². The zero-order chi connectivity index (χ0) is 8.85. The van der Waals surface area contributed by atoms with Crippen LogP contribution in [-0.2, 0) is 4.79 Å². The number of hydrogen-bond acceptors (Lipinski definition) is 2. The first-order valence-electron chi connectivity index (χ1n) is 4.17. The van der Waals surface area contributed by atoms with Crippen LogP contribution in [0.2, 0.25) is 0 Å². The molecule has 0 saturated carbocycles. The Bertz CT molecular complexity index is 104. The summed E-state index contributed by atoms with van der Waals surface area (Å²) in [5.74, 6) is 1.85. The number of hydrogen-bond donors (Lipinski definition) is 0. The molecule has 0 aromatic heterocycles. The van der Waals surface area contributed by atoms with E-state index >= 15 is 0 Å². The summed E-state index contributed by atoms with van der Waals surface area (Å²) in [5, 5.41) is 0. The Morgan fingerprint density at radius 1 is 1.45 bits per heavy atom. The van der Waals surface area contributed by atoms with Crippen molar-refractivity contribution in [3.8, 4) is 0 Å². The van der Waals surface area contributed by atoms with Gasteiger partial charge < -0.3 is 9.69 Å². The van der Waals surface area contributed by atoms with Crippen molar-refractivity contribution in [1.82, 2.24) is 4.90 Å². The van der Waals surface area contributed by atoms with Gasteiger partial charge in [-0.3, -0.25) is 0 Å². The lowest BCUT2D eigenvalue weighted by Gasteiger charge is -2.13. The number of likely N-dealkylation sites (tertiary alicyclic amines) is 1. The second kappa shape index (κ2) is 5.30. The van der Waals surface area contributed by atoms with E-state index in [9.17, 15) is 0 Å². The molecule has 11 heavy (non-hydrogen) atoms. The third-order valence-electron chi connectivity index (χ3n) is 2.37. The largest absolute Gasteiger partial charge is 0.307 e. The molecule has 1 aliphatic heterocycles. The van der Waals surface area contributed by atoms with Crippen molar-refractivity contribution >= 4 is 6.79 Å². The van der Waals surface area contributed by atoms with Crippen molar-refractivity contribution in [2.75, 3.05) is 20.1 Å². The summed E-state index contributed by atoms with van der Waals surface area (Å²) in [6.45, 7) is 9.27. The highest BCUT2D eigenvalue weighted by molar-refractivity contribution is 5.10. The van der Waals surface area contributed by atoms with Crippen LogP contribution in [0, 0.1) is 11.8 Å². The maximum absolute atomic E-state index is 8.00. The summed E-state index contributed by atoms with van der Waals surface area (Å²) in [7, 11) is 2.21. The van der Waals surface area contributed by atoms with E-state index in [1.807, 2.05) is 6.79 Å². The van der Waals surface area contributed by atoms with Crippen LogP contribution in [0.25, 0.3) is 0 Å². The van der Waals surface area contributed by atoms with Gasteiger partial charge in [0.1, 0.15) is 6.79 Å². The number of carbonyl (C=O) groups excluding carboxylic acids is 1. The summed E-state index contributed by atoms with van der Waals surface area (Å²) >= 11 is 0. The molecule has 66 valence electrons. The molecule has 0 spiro atoms.